The van der Waals surface area contributed by atoms with Crippen molar-refractivity contribution in [2.24, 2.45) is 0 Å². The average Bonchev–Trinajstić information content (AvgIpc) is 2.73. The maximum Gasteiger partial charge on any atom is 0.338 e. The van der Waals surface area contributed by atoms with Crippen LogP contribution in [0.3, 0.4) is 0 Å². The molecule has 0 spiro atoms. The average molecular weight is 433 g/mol. The highest BCUT2D eigenvalue weighted by atomic mass is 35.5. The summed E-state index contributed by atoms with van der Waals surface area (Å²) in [6, 6.07) is 11.6. The lowest BCUT2D eigenvalue weighted by Crippen LogP contribution is -2.49. The van der Waals surface area contributed by atoms with Crippen LogP contribution in [0.15, 0.2) is 59.8 Å². The number of hydrogen-bond acceptors (Lipinski definition) is 4. The Morgan fingerprint density at radius 3 is 2.53 bits per heavy atom. The molecule has 8 heteroatoms. The lowest BCUT2D eigenvalue weighted by molar-refractivity contribution is -0.139. The summed E-state index contributed by atoms with van der Waals surface area (Å²) in [6.45, 7) is 3.69. The summed E-state index contributed by atoms with van der Waals surface area (Å²) in [7, 11) is 0. The smallest absolute Gasteiger partial charge is 0.338 e. The van der Waals surface area contributed by atoms with Gasteiger partial charge in [0.25, 0.3) is 0 Å². The molecule has 0 saturated carbocycles. The normalized spacial score (nSPS) is 16.3. The molecule has 0 fully saturated rings. The molecule has 0 bridgehead atoms. The summed E-state index contributed by atoms with van der Waals surface area (Å²) >= 11 is 6.34. The summed E-state index contributed by atoms with van der Waals surface area (Å²) in [6.07, 6.45) is 0. The molecule has 1 unspecified atom stereocenters. The number of halogens is 2. The molecule has 2 aromatic carbocycles. The van der Waals surface area contributed by atoms with Crippen LogP contribution in [-0.2, 0) is 9.53 Å². The van der Waals surface area contributed by atoms with Gasteiger partial charge in [-0.15, -0.1) is 0 Å². The van der Waals surface area contributed by atoms with Crippen molar-refractivity contribution < 1.29 is 23.5 Å². The van der Waals surface area contributed by atoms with Crippen LogP contribution < -0.4 is 10.1 Å². The zero-order valence-electron chi connectivity index (χ0n) is 16.7. The number of nitrogens with zero attached hydrogens (tertiary/aromatic N) is 1. The Hall–Kier alpha value is -3.06. The number of benzene rings is 2. The maximum absolute atomic E-state index is 14.0. The van der Waals surface area contributed by atoms with Crippen molar-refractivity contribution in [3.8, 4) is 5.75 Å². The number of urea groups is 1. The van der Waals surface area contributed by atoms with Crippen LogP contribution in [0.2, 0.25) is 5.02 Å². The molecule has 1 heterocycles. The van der Waals surface area contributed by atoms with Gasteiger partial charge in [-0.3, -0.25) is 4.90 Å². The van der Waals surface area contributed by atoms with Crippen LogP contribution in [0.4, 0.5) is 9.18 Å². The zero-order valence-corrected chi connectivity index (χ0v) is 17.4. The Morgan fingerprint density at radius 1 is 1.17 bits per heavy atom. The minimum Gasteiger partial charge on any atom is -0.484 e. The lowest BCUT2D eigenvalue weighted by atomic mass is 9.94. The fraction of sp³-hybridized carbons (Fsp3) is 0.273. The van der Waals surface area contributed by atoms with E-state index >= 15 is 0 Å². The number of esters is 1. The van der Waals surface area contributed by atoms with Crippen LogP contribution in [-0.4, -0.2) is 36.7 Å². The number of likely N-dealkylation sites (N-methyl/N-ethyl adjacent to an activating group) is 1. The summed E-state index contributed by atoms with van der Waals surface area (Å²) in [5.74, 6) is -1.13. The van der Waals surface area contributed by atoms with Crippen LogP contribution in [0, 0.1) is 5.82 Å². The minimum absolute atomic E-state index is 0.0181. The first-order chi connectivity index (χ1) is 14.5. The molecule has 2 amide bonds. The number of para-hydroxylation sites is 1. The zero-order chi connectivity index (χ0) is 21.7. The van der Waals surface area contributed by atoms with Crippen molar-refractivity contribution >= 4 is 23.6 Å². The molecule has 6 nitrogen and oxygen atoms in total. The van der Waals surface area contributed by atoms with Gasteiger partial charge in [0, 0.05) is 11.6 Å². The van der Waals surface area contributed by atoms with Gasteiger partial charge in [-0.25, -0.2) is 14.0 Å². The molecular formula is C22H22ClFN2O4. The number of nitrogens with one attached hydrogen (secondary N) is 1. The van der Waals surface area contributed by atoms with Crippen LogP contribution in [0.25, 0.3) is 0 Å². The molecule has 158 valence electrons. The van der Waals surface area contributed by atoms with Gasteiger partial charge in [0.05, 0.1) is 23.9 Å². The molecule has 0 aromatic heterocycles. The number of carbonyl (C=O) groups is 2. The highest BCUT2D eigenvalue weighted by Crippen LogP contribution is 2.35. The molecule has 0 saturated heterocycles. The third-order valence-electron chi connectivity index (χ3n) is 4.67. The fourth-order valence-electron chi connectivity index (χ4n) is 3.29. The van der Waals surface area contributed by atoms with E-state index < -0.39 is 23.9 Å². The molecule has 1 aliphatic heterocycles. The van der Waals surface area contributed by atoms with E-state index in [-0.39, 0.29) is 31.1 Å². The Morgan fingerprint density at radius 2 is 1.87 bits per heavy atom. The topological polar surface area (TPSA) is 67.9 Å². The van der Waals surface area contributed by atoms with Crippen molar-refractivity contribution in [3.63, 3.8) is 0 Å². The van der Waals surface area contributed by atoms with Gasteiger partial charge in [-0.05, 0) is 37.6 Å². The first-order valence-corrected chi connectivity index (χ1v) is 9.95. The van der Waals surface area contributed by atoms with Gasteiger partial charge >= 0.3 is 12.0 Å². The maximum atomic E-state index is 14.0. The molecule has 1 atom stereocenters. The second-order valence-corrected chi connectivity index (χ2v) is 6.86. The van der Waals surface area contributed by atoms with Crippen LogP contribution >= 0.6 is 11.6 Å². The van der Waals surface area contributed by atoms with Gasteiger partial charge in [0.2, 0.25) is 0 Å². The summed E-state index contributed by atoms with van der Waals surface area (Å²) in [4.78, 5) is 27.1. The monoisotopic (exact) mass is 432 g/mol. The van der Waals surface area contributed by atoms with E-state index in [9.17, 15) is 14.0 Å². The Bertz CT molecular complexity index is 979. The third-order valence-corrected chi connectivity index (χ3v) is 5.01. The van der Waals surface area contributed by atoms with E-state index in [2.05, 4.69) is 5.32 Å². The van der Waals surface area contributed by atoms with Crippen molar-refractivity contribution in [1.29, 1.82) is 0 Å². The van der Waals surface area contributed by atoms with Crippen molar-refractivity contribution in [1.82, 2.24) is 10.2 Å². The van der Waals surface area contributed by atoms with Crippen LogP contribution in [0.5, 0.6) is 5.75 Å². The second-order valence-electron chi connectivity index (χ2n) is 6.45. The van der Waals surface area contributed by atoms with Gasteiger partial charge in [0.15, 0.2) is 11.6 Å². The van der Waals surface area contributed by atoms with Gasteiger partial charge in [-0.2, -0.15) is 0 Å². The molecule has 30 heavy (non-hydrogen) atoms. The van der Waals surface area contributed by atoms with Gasteiger partial charge in [-0.1, -0.05) is 41.9 Å². The number of amides is 2. The summed E-state index contributed by atoms with van der Waals surface area (Å²) < 4.78 is 24.9. The van der Waals surface area contributed by atoms with E-state index in [1.807, 2.05) is 0 Å². The van der Waals surface area contributed by atoms with Crippen molar-refractivity contribution in [3.05, 3.63) is 76.2 Å². The molecule has 3 rings (SSSR count). The van der Waals surface area contributed by atoms with E-state index in [4.69, 9.17) is 21.1 Å². The molecule has 2 aromatic rings. The summed E-state index contributed by atoms with van der Waals surface area (Å²) in [5.41, 5.74) is 1.05. The predicted octanol–water partition coefficient (Wildman–Crippen LogP) is 4.46. The van der Waals surface area contributed by atoms with Gasteiger partial charge in [0.1, 0.15) is 6.61 Å². The van der Waals surface area contributed by atoms with E-state index in [1.54, 1.807) is 50.2 Å². The second kappa shape index (κ2) is 9.63. The molecule has 0 radical (unpaired) electrons. The fourth-order valence-corrected chi connectivity index (χ4v) is 3.54. The van der Waals surface area contributed by atoms with Crippen LogP contribution in [0.1, 0.15) is 25.5 Å². The lowest BCUT2D eigenvalue weighted by Gasteiger charge is -2.36. The third kappa shape index (κ3) is 4.41. The molecular weight excluding hydrogens is 411 g/mol. The SMILES string of the molecule is CCOC(=O)C1=C(COc2ccccc2F)N(CC)C(=O)NC1c1ccccc1Cl. The highest BCUT2D eigenvalue weighted by molar-refractivity contribution is 6.31. The van der Waals surface area contributed by atoms with Crippen molar-refractivity contribution in [2.45, 2.75) is 19.9 Å². The Kier molecular flexibility index (Phi) is 6.95. The molecule has 0 aliphatic carbocycles. The van der Waals surface area contributed by atoms with E-state index in [0.29, 0.717) is 16.3 Å². The van der Waals surface area contributed by atoms with Crippen molar-refractivity contribution in [2.75, 3.05) is 19.8 Å². The minimum atomic E-state index is -0.827. The standard InChI is InChI=1S/C22H22ClFN2O4/c1-3-26-17(13-30-18-12-8-7-11-16(18)24)19(21(27)29-4-2)20(25-22(26)28)14-9-5-6-10-15(14)23/h5-12,20H,3-4,13H2,1-2H3,(H,25,28). The molecule has 1 aliphatic rings. The number of carbonyl (C=O) groups excluding carboxylic acids is 2. The number of hydrogen-bond donors (Lipinski definition) is 1. The molecule has 1 N–H and O–H groups in total. The van der Waals surface area contributed by atoms with E-state index in [1.165, 1.54) is 17.0 Å². The largest absolute Gasteiger partial charge is 0.484 e. The summed E-state index contributed by atoms with van der Waals surface area (Å²) in [5, 5.41) is 3.21. The first kappa shape index (κ1) is 21.6. The number of ether oxygens (including phenoxy) is 2. The quantitative estimate of drug-likeness (QED) is 0.656. The van der Waals surface area contributed by atoms with E-state index in [0.717, 1.165) is 0 Å². The Labute approximate surface area is 179 Å². The van der Waals surface area contributed by atoms with Gasteiger partial charge < -0.3 is 14.8 Å². The predicted molar refractivity (Wildman–Crippen MR) is 111 cm³/mol. The highest BCUT2D eigenvalue weighted by Gasteiger charge is 2.38. The first-order valence-electron chi connectivity index (χ1n) is 9.57. The number of rotatable bonds is 7. The Balaban J connectivity index is 2.10.